The molecule has 0 aromatic carbocycles. The highest BCUT2D eigenvalue weighted by Gasteiger charge is 2.11. The molecule has 0 amide bonds. The maximum Gasteiger partial charge on any atom is 0.250 e. The van der Waals surface area contributed by atoms with Crippen molar-refractivity contribution in [3.05, 3.63) is 27.9 Å². The van der Waals surface area contributed by atoms with Crippen molar-refractivity contribution < 1.29 is 0 Å². The van der Waals surface area contributed by atoms with E-state index in [9.17, 15) is 4.79 Å². The normalized spacial score (nSPS) is 11.4. The molecule has 0 aliphatic heterocycles. The first kappa shape index (κ1) is 9.27. The van der Waals surface area contributed by atoms with Gasteiger partial charge in [-0.15, -0.1) is 0 Å². The van der Waals surface area contributed by atoms with Crippen LogP contribution in [0.15, 0.2) is 17.1 Å². The van der Waals surface area contributed by atoms with Crippen LogP contribution < -0.4 is 5.56 Å². The van der Waals surface area contributed by atoms with Crippen molar-refractivity contribution in [1.82, 2.24) is 14.5 Å². The standard InChI is InChI=1S/C9H10ClN3O/c1-5(2)13-7-3-8(14)11-4-6(7)12-9(13)10/h3-5H,1-2H3,(H,11,14). The molecule has 0 atom stereocenters. The van der Waals surface area contributed by atoms with Crippen LogP contribution in [0.5, 0.6) is 0 Å². The highest BCUT2D eigenvalue weighted by atomic mass is 35.5. The van der Waals surface area contributed by atoms with E-state index in [4.69, 9.17) is 11.6 Å². The van der Waals surface area contributed by atoms with Gasteiger partial charge in [0.1, 0.15) is 5.52 Å². The van der Waals surface area contributed by atoms with Crippen LogP contribution >= 0.6 is 11.6 Å². The molecule has 74 valence electrons. The molecule has 0 spiro atoms. The Kier molecular flexibility index (Phi) is 2.07. The Balaban J connectivity index is 2.86. The summed E-state index contributed by atoms with van der Waals surface area (Å²) in [6, 6.07) is 1.70. The maximum absolute atomic E-state index is 11.1. The predicted molar refractivity (Wildman–Crippen MR) is 55.7 cm³/mol. The van der Waals surface area contributed by atoms with Crippen LogP contribution in [0.2, 0.25) is 5.28 Å². The van der Waals surface area contributed by atoms with Gasteiger partial charge in [-0.25, -0.2) is 4.98 Å². The van der Waals surface area contributed by atoms with E-state index in [1.165, 1.54) is 6.07 Å². The Morgan fingerprint density at radius 1 is 1.57 bits per heavy atom. The molecular weight excluding hydrogens is 202 g/mol. The van der Waals surface area contributed by atoms with Crippen LogP contribution in [0, 0.1) is 0 Å². The lowest BCUT2D eigenvalue weighted by Gasteiger charge is -2.08. The summed E-state index contributed by atoms with van der Waals surface area (Å²) in [6.45, 7) is 3.99. The first-order valence-corrected chi connectivity index (χ1v) is 4.73. The van der Waals surface area contributed by atoms with Crippen molar-refractivity contribution in [2.75, 3.05) is 0 Å². The smallest absolute Gasteiger partial charge is 0.250 e. The summed E-state index contributed by atoms with van der Waals surface area (Å²) >= 11 is 5.95. The van der Waals surface area contributed by atoms with E-state index in [1.807, 2.05) is 18.4 Å². The van der Waals surface area contributed by atoms with Crippen molar-refractivity contribution in [1.29, 1.82) is 0 Å². The number of nitrogens with zero attached hydrogens (tertiary/aromatic N) is 2. The van der Waals surface area contributed by atoms with E-state index in [0.29, 0.717) is 10.8 Å². The fraction of sp³-hybridized carbons (Fsp3) is 0.333. The second-order valence-electron chi connectivity index (χ2n) is 3.41. The third-order valence-corrected chi connectivity index (χ3v) is 2.34. The molecular formula is C9H10ClN3O. The van der Waals surface area contributed by atoms with E-state index in [1.54, 1.807) is 6.20 Å². The lowest BCUT2D eigenvalue weighted by atomic mass is 10.3. The molecule has 14 heavy (non-hydrogen) atoms. The molecule has 0 radical (unpaired) electrons. The van der Waals surface area contributed by atoms with Crippen molar-refractivity contribution in [2.45, 2.75) is 19.9 Å². The molecule has 2 heterocycles. The van der Waals surface area contributed by atoms with Crippen molar-refractivity contribution in [2.24, 2.45) is 0 Å². The van der Waals surface area contributed by atoms with Gasteiger partial charge in [-0.3, -0.25) is 4.79 Å². The van der Waals surface area contributed by atoms with Gasteiger partial charge in [0.2, 0.25) is 10.8 Å². The lowest BCUT2D eigenvalue weighted by molar-refractivity contribution is 0.618. The Morgan fingerprint density at radius 3 is 2.93 bits per heavy atom. The minimum absolute atomic E-state index is 0.143. The third-order valence-electron chi connectivity index (χ3n) is 2.07. The average molecular weight is 212 g/mol. The van der Waals surface area contributed by atoms with Gasteiger partial charge < -0.3 is 9.55 Å². The maximum atomic E-state index is 11.1. The zero-order valence-corrected chi connectivity index (χ0v) is 8.67. The van der Waals surface area contributed by atoms with Gasteiger partial charge in [-0.2, -0.15) is 0 Å². The minimum atomic E-state index is -0.143. The van der Waals surface area contributed by atoms with Gasteiger partial charge in [0, 0.05) is 18.3 Å². The van der Waals surface area contributed by atoms with Crippen LogP contribution in [-0.2, 0) is 0 Å². The van der Waals surface area contributed by atoms with Crippen molar-refractivity contribution >= 4 is 22.6 Å². The van der Waals surface area contributed by atoms with E-state index in [0.717, 1.165) is 5.52 Å². The topological polar surface area (TPSA) is 50.7 Å². The fourth-order valence-electron chi connectivity index (χ4n) is 1.48. The number of aromatic amines is 1. The monoisotopic (exact) mass is 211 g/mol. The Hall–Kier alpha value is -1.29. The summed E-state index contributed by atoms with van der Waals surface area (Å²) < 4.78 is 1.83. The zero-order valence-electron chi connectivity index (χ0n) is 7.91. The van der Waals surface area contributed by atoms with E-state index in [2.05, 4.69) is 9.97 Å². The van der Waals surface area contributed by atoms with Crippen LogP contribution in [0.3, 0.4) is 0 Å². The molecule has 0 aliphatic rings. The second-order valence-corrected chi connectivity index (χ2v) is 3.75. The summed E-state index contributed by atoms with van der Waals surface area (Å²) in [6.07, 6.45) is 1.57. The summed E-state index contributed by atoms with van der Waals surface area (Å²) in [7, 11) is 0. The van der Waals surface area contributed by atoms with Crippen LogP contribution in [0.4, 0.5) is 0 Å². The number of fused-ring (bicyclic) bond motifs is 1. The molecule has 0 aliphatic carbocycles. The SMILES string of the molecule is CC(C)n1c(Cl)nc2c[nH]c(=O)cc21. The van der Waals surface area contributed by atoms with Gasteiger partial charge >= 0.3 is 0 Å². The number of H-pyrrole nitrogens is 1. The lowest BCUT2D eigenvalue weighted by Crippen LogP contribution is -2.05. The highest BCUT2D eigenvalue weighted by Crippen LogP contribution is 2.22. The molecule has 0 unspecified atom stereocenters. The van der Waals surface area contributed by atoms with E-state index >= 15 is 0 Å². The summed E-state index contributed by atoms with van der Waals surface area (Å²) in [5, 5.41) is 0.411. The molecule has 2 aromatic heterocycles. The number of halogens is 1. The number of pyridine rings is 1. The van der Waals surface area contributed by atoms with Crippen LogP contribution in [0.25, 0.3) is 11.0 Å². The quantitative estimate of drug-likeness (QED) is 0.784. The van der Waals surface area contributed by atoms with Gasteiger partial charge in [0.05, 0.1) is 5.52 Å². The van der Waals surface area contributed by atoms with Gasteiger partial charge in [0.15, 0.2) is 0 Å². The van der Waals surface area contributed by atoms with Gasteiger partial charge in [-0.05, 0) is 25.4 Å². The Labute approximate surface area is 85.5 Å². The molecule has 0 fully saturated rings. The van der Waals surface area contributed by atoms with Gasteiger partial charge in [-0.1, -0.05) is 0 Å². The predicted octanol–water partition coefficient (Wildman–Crippen LogP) is 1.96. The van der Waals surface area contributed by atoms with Gasteiger partial charge in [0.25, 0.3) is 0 Å². The van der Waals surface area contributed by atoms with Crippen LogP contribution in [0.1, 0.15) is 19.9 Å². The minimum Gasteiger partial charge on any atom is -0.327 e. The number of rotatable bonds is 1. The molecule has 0 bridgehead atoms. The second kappa shape index (κ2) is 3.13. The first-order chi connectivity index (χ1) is 6.59. The number of imidazole rings is 1. The molecule has 2 rings (SSSR count). The largest absolute Gasteiger partial charge is 0.327 e. The summed E-state index contributed by atoms with van der Waals surface area (Å²) in [5.74, 6) is 0. The first-order valence-electron chi connectivity index (χ1n) is 4.36. The highest BCUT2D eigenvalue weighted by molar-refractivity contribution is 6.29. The van der Waals surface area contributed by atoms with Crippen molar-refractivity contribution in [3.63, 3.8) is 0 Å². The fourth-order valence-corrected chi connectivity index (χ4v) is 1.86. The molecule has 1 N–H and O–H groups in total. The number of nitrogens with one attached hydrogen (secondary N) is 1. The van der Waals surface area contributed by atoms with E-state index < -0.39 is 0 Å². The number of hydrogen-bond acceptors (Lipinski definition) is 2. The third kappa shape index (κ3) is 1.32. The molecule has 0 saturated carbocycles. The number of aromatic nitrogens is 3. The average Bonchev–Trinajstić information content (AvgIpc) is 2.40. The Bertz CT molecular complexity index is 526. The summed E-state index contributed by atoms with van der Waals surface area (Å²) in [5.41, 5.74) is 1.34. The van der Waals surface area contributed by atoms with E-state index in [-0.39, 0.29) is 11.6 Å². The molecule has 5 heteroatoms. The summed E-state index contributed by atoms with van der Waals surface area (Å²) in [4.78, 5) is 17.8. The molecule has 4 nitrogen and oxygen atoms in total. The molecule has 0 saturated heterocycles. The zero-order chi connectivity index (χ0) is 10.3. The number of hydrogen-bond donors (Lipinski definition) is 1. The van der Waals surface area contributed by atoms with Crippen molar-refractivity contribution in [3.8, 4) is 0 Å². The van der Waals surface area contributed by atoms with Crippen LogP contribution in [-0.4, -0.2) is 14.5 Å². The Morgan fingerprint density at radius 2 is 2.29 bits per heavy atom. The molecule has 2 aromatic rings.